The van der Waals surface area contributed by atoms with Crippen molar-refractivity contribution in [3.05, 3.63) is 57.6 Å². The van der Waals surface area contributed by atoms with Crippen LogP contribution < -0.4 is 5.32 Å². The first-order valence-corrected chi connectivity index (χ1v) is 8.71. The minimum atomic E-state index is -6.30. The summed E-state index contributed by atoms with van der Waals surface area (Å²) in [5.74, 6) is 0. The first kappa shape index (κ1) is 30.2. The maximum absolute atomic E-state index is 13.2. The molecule has 2 aromatic carbocycles. The van der Waals surface area contributed by atoms with Gasteiger partial charge in [0.2, 0.25) is 0 Å². The highest BCUT2D eigenvalue weighted by Gasteiger charge is 2.52. The van der Waals surface area contributed by atoms with E-state index in [0.29, 0.717) is 0 Å². The molecule has 0 amide bonds. The van der Waals surface area contributed by atoms with Crippen molar-refractivity contribution in [2.45, 2.75) is 37.1 Å². The lowest BCUT2D eigenvalue weighted by molar-refractivity contribution is -0.174. The van der Waals surface area contributed by atoms with Crippen LogP contribution in [-0.4, -0.2) is 0 Å². The van der Waals surface area contributed by atoms with Crippen LogP contribution >= 0.6 is 0 Å². The van der Waals surface area contributed by atoms with Crippen LogP contribution in [0.4, 0.5) is 90.4 Å². The molecule has 1 nitrogen and oxygen atoms in total. The molecule has 1 N–H and O–H groups in total. The number of halogens is 18. The Balaban J connectivity index is 2.94. The van der Waals surface area contributed by atoms with Crippen LogP contribution in [0.25, 0.3) is 0 Å². The van der Waals surface area contributed by atoms with Crippen molar-refractivity contribution in [2.24, 2.45) is 0 Å². The lowest BCUT2D eigenvalue weighted by Gasteiger charge is -2.24. The predicted octanol–water partition coefficient (Wildman–Crippen LogP) is 9.54. The normalized spacial score (nSPS) is 14.2. The van der Waals surface area contributed by atoms with Crippen LogP contribution in [0, 0.1) is 0 Å². The molecule has 0 bridgehead atoms. The van der Waals surface area contributed by atoms with E-state index in [9.17, 15) is 79.0 Å². The van der Waals surface area contributed by atoms with E-state index in [1.165, 1.54) is 5.32 Å². The average molecular weight is 577 g/mol. The molecule has 0 spiro atoms. The molecule has 19 heteroatoms. The summed E-state index contributed by atoms with van der Waals surface area (Å²) >= 11 is 0. The molecular weight excluding hydrogens is 572 g/mol. The molecule has 0 aliphatic heterocycles. The van der Waals surface area contributed by atoms with Gasteiger partial charge in [-0.1, -0.05) is 0 Å². The molecule has 0 aromatic heterocycles. The van der Waals surface area contributed by atoms with Crippen molar-refractivity contribution in [2.75, 3.05) is 5.32 Å². The van der Waals surface area contributed by atoms with Crippen molar-refractivity contribution in [3.8, 4) is 0 Å². The molecular formula is C18H5F18N. The minimum Gasteiger partial charge on any atom is -0.355 e. The van der Waals surface area contributed by atoms with Gasteiger partial charge in [0, 0.05) is 11.4 Å². The van der Waals surface area contributed by atoms with Crippen LogP contribution in [0.3, 0.4) is 0 Å². The van der Waals surface area contributed by atoms with Gasteiger partial charge in [0.05, 0.1) is 33.4 Å². The Labute approximate surface area is 191 Å². The Kier molecular flexibility index (Phi) is 7.17. The fraction of sp³-hybridized carbons (Fsp3) is 0.333. The van der Waals surface area contributed by atoms with Gasteiger partial charge in [0.25, 0.3) is 0 Å². The molecule has 0 saturated heterocycles. The first-order valence-electron chi connectivity index (χ1n) is 8.71. The second kappa shape index (κ2) is 8.78. The third kappa shape index (κ3) is 6.65. The summed E-state index contributed by atoms with van der Waals surface area (Å²) in [6.45, 7) is 0. The van der Waals surface area contributed by atoms with E-state index in [4.69, 9.17) is 0 Å². The summed E-state index contributed by atoms with van der Waals surface area (Å²) in [7, 11) is 0. The molecule has 208 valence electrons. The monoisotopic (exact) mass is 577 g/mol. The molecule has 0 heterocycles. The summed E-state index contributed by atoms with van der Waals surface area (Å²) < 4.78 is 237. The topological polar surface area (TPSA) is 12.0 Å². The summed E-state index contributed by atoms with van der Waals surface area (Å²) in [6, 6.07) is -2.85. The highest BCUT2D eigenvalue weighted by Crippen LogP contribution is 2.50. The average Bonchev–Trinajstić information content (AvgIpc) is 2.62. The summed E-state index contributed by atoms with van der Waals surface area (Å²) in [5.41, 5.74) is -22.2. The second-order valence-corrected chi connectivity index (χ2v) is 7.00. The Morgan fingerprint density at radius 1 is 0.324 bits per heavy atom. The minimum absolute atomic E-state index is 0.712. The highest BCUT2D eigenvalue weighted by molar-refractivity contribution is 5.67. The largest absolute Gasteiger partial charge is 0.417 e. The lowest BCUT2D eigenvalue weighted by Crippen LogP contribution is -2.24. The van der Waals surface area contributed by atoms with E-state index in [0.717, 1.165) is 0 Å². The molecule has 0 fully saturated rings. The number of anilines is 2. The quantitative estimate of drug-likeness (QED) is 0.351. The van der Waals surface area contributed by atoms with Crippen LogP contribution in [0.5, 0.6) is 0 Å². The Morgan fingerprint density at radius 3 is 0.649 bits per heavy atom. The molecule has 0 unspecified atom stereocenters. The van der Waals surface area contributed by atoms with E-state index < -0.39 is 106 Å². The Hall–Kier alpha value is -3.02. The first-order chi connectivity index (χ1) is 16.1. The third-order valence-corrected chi connectivity index (χ3v) is 4.35. The lowest BCUT2D eigenvalue weighted by atomic mass is 9.96. The fourth-order valence-corrected chi connectivity index (χ4v) is 3.10. The molecule has 0 aliphatic rings. The summed E-state index contributed by atoms with van der Waals surface area (Å²) in [4.78, 5) is 0. The molecule has 0 radical (unpaired) electrons. The van der Waals surface area contributed by atoms with Crippen molar-refractivity contribution < 1.29 is 79.0 Å². The van der Waals surface area contributed by atoms with Gasteiger partial charge >= 0.3 is 37.1 Å². The zero-order valence-corrected chi connectivity index (χ0v) is 16.6. The fourth-order valence-electron chi connectivity index (χ4n) is 3.10. The molecule has 0 atom stereocenters. The van der Waals surface area contributed by atoms with Crippen molar-refractivity contribution in [3.63, 3.8) is 0 Å². The number of alkyl halides is 18. The number of benzene rings is 2. The standard InChI is InChI=1S/C18H5F18N/c19-13(20,21)7-1-5(2-8(14(22,23)24)11(7)17(31,32)33)37-6-3-9(15(25,26)27)12(18(34,35)36)10(4-6)16(28,29)30/h1-4,37H. The van der Waals surface area contributed by atoms with E-state index >= 15 is 0 Å². The molecule has 0 saturated carbocycles. The van der Waals surface area contributed by atoms with Crippen LogP contribution in [0.1, 0.15) is 33.4 Å². The van der Waals surface area contributed by atoms with Gasteiger partial charge in [-0.25, -0.2) is 0 Å². The van der Waals surface area contributed by atoms with E-state index in [-0.39, 0.29) is 0 Å². The van der Waals surface area contributed by atoms with E-state index in [1.54, 1.807) is 0 Å². The zero-order valence-electron chi connectivity index (χ0n) is 16.6. The van der Waals surface area contributed by atoms with E-state index in [1.807, 2.05) is 0 Å². The van der Waals surface area contributed by atoms with Gasteiger partial charge in [0.15, 0.2) is 0 Å². The number of hydrogen-bond acceptors (Lipinski definition) is 1. The van der Waals surface area contributed by atoms with Gasteiger partial charge in [0.1, 0.15) is 0 Å². The van der Waals surface area contributed by atoms with Gasteiger partial charge in [-0.2, -0.15) is 79.0 Å². The Morgan fingerprint density at radius 2 is 0.514 bits per heavy atom. The molecule has 37 heavy (non-hydrogen) atoms. The molecule has 0 aliphatic carbocycles. The number of nitrogens with one attached hydrogen (secondary N) is 1. The van der Waals surface area contributed by atoms with Gasteiger partial charge in [-0.05, 0) is 24.3 Å². The molecule has 2 aromatic rings. The Bertz CT molecular complexity index is 993. The van der Waals surface area contributed by atoms with Crippen LogP contribution in [-0.2, 0) is 37.1 Å². The number of rotatable bonds is 2. The van der Waals surface area contributed by atoms with Crippen molar-refractivity contribution in [1.29, 1.82) is 0 Å². The second-order valence-electron chi connectivity index (χ2n) is 7.00. The maximum Gasteiger partial charge on any atom is 0.417 e. The molecule has 2 rings (SSSR count). The van der Waals surface area contributed by atoms with Crippen LogP contribution in [0.15, 0.2) is 24.3 Å². The summed E-state index contributed by atoms with van der Waals surface area (Å²) in [5, 5.41) is 1.18. The maximum atomic E-state index is 13.2. The van der Waals surface area contributed by atoms with Gasteiger partial charge in [-0.3, -0.25) is 0 Å². The van der Waals surface area contributed by atoms with Crippen molar-refractivity contribution >= 4 is 11.4 Å². The van der Waals surface area contributed by atoms with Crippen LogP contribution in [0.2, 0.25) is 0 Å². The van der Waals surface area contributed by atoms with Crippen molar-refractivity contribution in [1.82, 2.24) is 0 Å². The van der Waals surface area contributed by atoms with Gasteiger partial charge in [-0.15, -0.1) is 0 Å². The van der Waals surface area contributed by atoms with Gasteiger partial charge < -0.3 is 5.32 Å². The third-order valence-electron chi connectivity index (χ3n) is 4.35. The SMILES string of the molecule is FC(F)(F)c1cc(Nc2cc(C(F)(F)F)c(C(F)(F)F)c(C(F)(F)F)c2)cc(C(F)(F)F)c1C(F)(F)F. The highest BCUT2D eigenvalue weighted by atomic mass is 19.4. The predicted molar refractivity (Wildman–Crippen MR) is 86.2 cm³/mol. The zero-order chi connectivity index (χ0) is 29.2. The smallest absolute Gasteiger partial charge is 0.355 e. The van der Waals surface area contributed by atoms with E-state index in [2.05, 4.69) is 0 Å². The number of hydrogen-bond donors (Lipinski definition) is 1. The summed E-state index contributed by atoms with van der Waals surface area (Å²) in [6.07, 6.45) is -37.3.